The molecule has 1 atom stereocenters. The lowest BCUT2D eigenvalue weighted by Crippen LogP contribution is -2.50. The predicted octanol–water partition coefficient (Wildman–Crippen LogP) is 2.80. The second kappa shape index (κ2) is 8.27. The molecule has 1 aromatic carbocycles. The molecule has 7 heteroatoms. The molecule has 156 valence electrons. The summed E-state index contributed by atoms with van der Waals surface area (Å²) < 4.78 is 12.2. The third-order valence-electron chi connectivity index (χ3n) is 5.10. The smallest absolute Gasteiger partial charge is 0.329 e. The zero-order valence-electron chi connectivity index (χ0n) is 17.8. The van der Waals surface area contributed by atoms with Crippen molar-refractivity contribution in [2.24, 2.45) is 5.41 Å². The van der Waals surface area contributed by atoms with Crippen LogP contribution < -0.4 is 4.74 Å². The first-order valence-electron chi connectivity index (χ1n) is 9.75. The molecule has 0 bridgehead atoms. The Labute approximate surface area is 171 Å². The summed E-state index contributed by atoms with van der Waals surface area (Å²) in [5, 5.41) is 0. The first-order valence-corrected chi connectivity index (χ1v) is 9.75. The molecule has 0 fully saturated rings. The van der Waals surface area contributed by atoms with E-state index in [2.05, 4.69) is 4.98 Å². The number of rotatable bonds is 5. The number of hydrogen-bond acceptors (Lipinski definition) is 5. The van der Waals surface area contributed by atoms with Crippen molar-refractivity contribution in [1.29, 1.82) is 0 Å². The lowest BCUT2D eigenvalue weighted by atomic mass is 9.90. The van der Waals surface area contributed by atoms with Crippen LogP contribution in [0, 0.1) is 5.41 Å². The lowest BCUT2D eigenvalue weighted by molar-refractivity contribution is -0.154. The summed E-state index contributed by atoms with van der Waals surface area (Å²) in [6, 6.07) is 7.23. The Balaban J connectivity index is 1.86. The summed E-state index contributed by atoms with van der Waals surface area (Å²) in [7, 11) is 2.99. The molecule has 1 aliphatic heterocycles. The van der Waals surface area contributed by atoms with Crippen molar-refractivity contribution in [2.75, 3.05) is 14.2 Å². The van der Waals surface area contributed by atoms with Gasteiger partial charge in [0.2, 0.25) is 5.91 Å². The number of benzene rings is 1. The Bertz CT molecular complexity index is 880. The molecule has 2 aromatic rings. The van der Waals surface area contributed by atoms with Crippen molar-refractivity contribution >= 4 is 11.9 Å². The van der Waals surface area contributed by atoms with E-state index < -0.39 is 12.0 Å². The van der Waals surface area contributed by atoms with E-state index in [0.29, 0.717) is 25.9 Å². The summed E-state index contributed by atoms with van der Waals surface area (Å²) in [4.78, 5) is 31.5. The number of amides is 1. The molecule has 3 rings (SSSR count). The highest BCUT2D eigenvalue weighted by Crippen LogP contribution is 2.28. The van der Waals surface area contributed by atoms with Crippen molar-refractivity contribution in [3.8, 4) is 5.75 Å². The molecule has 0 N–H and O–H groups in total. The number of esters is 1. The van der Waals surface area contributed by atoms with Crippen LogP contribution in [0.4, 0.5) is 0 Å². The molecule has 1 unspecified atom stereocenters. The number of aromatic nitrogens is 2. The zero-order chi connectivity index (χ0) is 21.2. The molecule has 0 aliphatic carbocycles. The Morgan fingerprint density at radius 2 is 1.86 bits per heavy atom. The third kappa shape index (κ3) is 4.78. The number of fused-ring (bicyclic) bond motifs is 1. The molecule has 0 spiro atoms. The monoisotopic (exact) mass is 399 g/mol. The van der Waals surface area contributed by atoms with Gasteiger partial charge in [-0.1, -0.05) is 32.9 Å². The van der Waals surface area contributed by atoms with Crippen LogP contribution in [0.15, 0.2) is 30.6 Å². The number of imidazole rings is 1. The highest BCUT2D eigenvalue weighted by molar-refractivity contribution is 5.85. The molecule has 0 radical (unpaired) electrons. The second-order valence-electron chi connectivity index (χ2n) is 8.62. The fraction of sp³-hybridized carbons (Fsp3) is 0.500. The van der Waals surface area contributed by atoms with Crippen LogP contribution in [0.1, 0.15) is 44.1 Å². The highest BCUT2D eigenvalue weighted by atomic mass is 16.5. The largest absolute Gasteiger partial charge is 0.497 e. The normalized spacial score (nSPS) is 16.3. The van der Waals surface area contributed by atoms with Crippen LogP contribution in [-0.2, 0) is 33.8 Å². The van der Waals surface area contributed by atoms with E-state index >= 15 is 0 Å². The minimum absolute atomic E-state index is 0.0456. The molecule has 0 saturated carbocycles. The second-order valence-corrected chi connectivity index (χ2v) is 8.62. The van der Waals surface area contributed by atoms with E-state index in [1.807, 2.05) is 49.6 Å². The van der Waals surface area contributed by atoms with Crippen molar-refractivity contribution < 1.29 is 19.1 Å². The SMILES string of the molecule is COC(=O)C1Cc2ncn(Cc3ccc(OC)cc3)c2CN1C(=O)CC(C)(C)C. The summed E-state index contributed by atoms with van der Waals surface area (Å²) in [5.41, 5.74) is 2.74. The van der Waals surface area contributed by atoms with Crippen LogP contribution in [0.5, 0.6) is 5.75 Å². The third-order valence-corrected chi connectivity index (χ3v) is 5.10. The molecule has 1 aliphatic rings. The number of methoxy groups -OCH3 is 2. The molecular weight excluding hydrogens is 370 g/mol. The van der Waals surface area contributed by atoms with E-state index in [1.165, 1.54) is 7.11 Å². The highest BCUT2D eigenvalue weighted by Gasteiger charge is 2.38. The van der Waals surface area contributed by atoms with Gasteiger partial charge in [0.15, 0.2) is 0 Å². The Hall–Kier alpha value is -2.83. The fourth-order valence-electron chi connectivity index (χ4n) is 3.59. The maximum Gasteiger partial charge on any atom is 0.329 e. The van der Waals surface area contributed by atoms with E-state index in [-0.39, 0.29) is 11.3 Å². The Morgan fingerprint density at radius 1 is 1.17 bits per heavy atom. The average Bonchev–Trinajstić information content (AvgIpc) is 3.07. The number of carbonyl (C=O) groups is 2. The van der Waals surface area contributed by atoms with Crippen LogP contribution >= 0.6 is 0 Å². The van der Waals surface area contributed by atoms with Gasteiger partial charge in [-0.2, -0.15) is 0 Å². The molecule has 29 heavy (non-hydrogen) atoms. The first kappa shape index (κ1) is 20.9. The zero-order valence-corrected chi connectivity index (χ0v) is 17.8. The van der Waals surface area contributed by atoms with Gasteiger partial charge in [0.25, 0.3) is 0 Å². The van der Waals surface area contributed by atoms with E-state index in [0.717, 1.165) is 22.7 Å². The summed E-state index contributed by atoms with van der Waals surface area (Å²) >= 11 is 0. The van der Waals surface area contributed by atoms with Gasteiger partial charge < -0.3 is 18.9 Å². The van der Waals surface area contributed by atoms with E-state index in [1.54, 1.807) is 18.3 Å². The van der Waals surface area contributed by atoms with Gasteiger partial charge in [0.05, 0.1) is 38.5 Å². The number of ether oxygens (including phenoxy) is 2. The van der Waals surface area contributed by atoms with Gasteiger partial charge in [-0.25, -0.2) is 9.78 Å². The number of carbonyl (C=O) groups excluding carboxylic acids is 2. The Kier molecular flexibility index (Phi) is 5.96. The molecule has 7 nitrogen and oxygen atoms in total. The van der Waals surface area contributed by atoms with Gasteiger partial charge in [-0.05, 0) is 23.1 Å². The summed E-state index contributed by atoms with van der Waals surface area (Å²) in [6.07, 6.45) is 2.51. The minimum atomic E-state index is -0.633. The fourth-order valence-corrected chi connectivity index (χ4v) is 3.59. The number of nitrogens with zero attached hydrogens (tertiary/aromatic N) is 3. The van der Waals surface area contributed by atoms with Gasteiger partial charge in [-0.15, -0.1) is 0 Å². The molecule has 0 saturated heterocycles. The van der Waals surface area contributed by atoms with Crippen molar-refractivity contribution in [2.45, 2.75) is 52.7 Å². The van der Waals surface area contributed by atoms with Crippen LogP contribution in [0.25, 0.3) is 0 Å². The molecule has 1 amide bonds. The predicted molar refractivity (Wildman–Crippen MR) is 108 cm³/mol. The van der Waals surface area contributed by atoms with Crippen molar-refractivity contribution in [1.82, 2.24) is 14.5 Å². The molecule has 2 heterocycles. The first-order chi connectivity index (χ1) is 13.7. The topological polar surface area (TPSA) is 73.7 Å². The minimum Gasteiger partial charge on any atom is -0.497 e. The maximum atomic E-state index is 13.0. The van der Waals surface area contributed by atoms with E-state index in [4.69, 9.17) is 9.47 Å². The molecular formula is C22H29N3O4. The van der Waals surface area contributed by atoms with Gasteiger partial charge in [0, 0.05) is 19.4 Å². The number of hydrogen-bond donors (Lipinski definition) is 0. The van der Waals surface area contributed by atoms with Crippen LogP contribution in [0.3, 0.4) is 0 Å². The van der Waals surface area contributed by atoms with Crippen LogP contribution in [0.2, 0.25) is 0 Å². The van der Waals surface area contributed by atoms with Gasteiger partial charge in [0.1, 0.15) is 11.8 Å². The average molecular weight is 399 g/mol. The van der Waals surface area contributed by atoms with Gasteiger partial charge in [-0.3, -0.25) is 4.79 Å². The maximum absolute atomic E-state index is 13.0. The standard InChI is InChI=1S/C22H29N3O4/c1-22(2,3)11-20(26)25-13-19-17(10-18(25)21(27)29-5)23-14-24(19)12-15-6-8-16(28-4)9-7-15/h6-9,14,18H,10-13H2,1-5H3. The summed E-state index contributed by atoms with van der Waals surface area (Å²) in [5.74, 6) is 0.361. The lowest BCUT2D eigenvalue weighted by Gasteiger charge is -2.35. The summed E-state index contributed by atoms with van der Waals surface area (Å²) in [6.45, 7) is 7.03. The molecule has 1 aromatic heterocycles. The van der Waals surface area contributed by atoms with Gasteiger partial charge >= 0.3 is 5.97 Å². The van der Waals surface area contributed by atoms with Crippen molar-refractivity contribution in [3.05, 3.63) is 47.5 Å². The quantitative estimate of drug-likeness (QED) is 0.723. The Morgan fingerprint density at radius 3 is 2.45 bits per heavy atom. The van der Waals surface area contributed by atoms with Crippen LogP contribution in [-0.4, -0.2) is 46.6 Å². The van der Waals surface area contributed by atoms with Crippen molar-refractivity contribution in [3.63, 3.8) is 0 Å². The van der Waals surface area contributed by atoms with E-state index in [9.17, 15) is 9.59 Å².